The third-order valence-electron chi connectivity index (χ3n) is 4.36. The van der Waals surface area contributed by atoms with Gasteiger partial charge in [-0.05, 0) is 18.1 Å². The molecule has 1 heterocycles. The normalized spacial score (nSPS) is 11.4. The van der Waals surface area contributed by atoms with E-state index in [0.717, 1.165) is 11.1 Å². The minimum Gasteiger partial charge on any atom is -0.460 e. The Morgan fingerprint density at radius 1 is 1.00 bits per heavy atom. The van der Waals surface area contributed by atoms with Crippen LogP contribution in [0.25, 0.3) is 0 Å². The van der Waals surface area contributed by atoms with E-state index in [4.69, 9.17) is 4.74 Å². The molecule has 1 atom stereocenters. The number of carbonyl (C=O) groups excluding carboxylic acids is 3. The van der Waals surface area contributed by atoms with Gasteiger partial charge in [0.2, 0.25) is 0 Å². The third-order valence-corrected chi connectivity index (χ3v) is 4.36. The number of amides is 2. The summed E-state index contributed by atoms with van der Waals surface area (Å²) >= 11 is 0. The lowest BCUT2D eigenvalue weighted by Crippen LogP contribution is -2.34. The van der Waals surface area contributed by atoms with E-state index in [2.05, 4.69) is 20.6 Å². The Bertz CT molecular complexity index is 1000. The molecule has 8 heteroatoms. The Hall–Kier alpha value is -3.94. The smallest absolute Gasteiger partial charge is 0.325 e. The summed E-state index contributed by atoms with van der Waals surface area (Å²) in [7, 11) is 0. The Labute approximate surface area is 173 Å². The van der Waals surface area contributed by atoms with Gasteiger partial charge in [0, 0.05) is 0 Å². The van der Waals surface area contributed by atoms with Crippen molar-refractivity contribution in [3.63, 3.8) is 0 Å². The van der Waals surface area contributed by atoms with Crippen LogP contribution in [0.1, 0.15) is 45.1 Å². The van der Waals surface area contributed by atoms with Crippen LogP contribution in [0.5, 0.6) is 0 Å². The SMILES string of the molecule is C[C@@H](NC(=O)c1nc[nH]c1C(=O)NCC(=O)OCc1ccccc1)c1ccccc1. The molecule has 3 aromatic rings. The lowest BCUT2D eigenvalue weighted by Gasteiger charge is -2.14. The summed E-state index contributed by atoms with van der Waals surface area (Å²) in [5.41, 5.74) is 1.70. The Morgan fingerprint density at radius 3 is 2.37 bits per heavy atom. The van der Waals surface area contributed by atoms with E-state index in [1.807, 2.05) is 67.6 Å². The molecule has 3 rings (SSSR count). The van der Waals surface area contributed by atoms with Gasteiger partial charge in [-0.3, -0.25) is 14.4 Å². The van der Waals surface area contributed by atoms with Crippen molar-refractivity contribution in [2.45, 2.75) is 19.6 Å². The molecule has 0 saturated carbocycles. The summed E-state index contributed by atoms with van der Waals surface area (Å²) in [6.45, 7) is 1.62. The fraction of sp³-hybridized carbons (Fsp3) is 0.182. The van der Waals surface area contributed by atoms with E-state index in [1.54, 1.807) is 0 Å². The van der Waals surface area contributed by atoms with Gasteiger partial charge in [-0.1, -0.05) is 60.7 Å². The fourth-order valence-electron chi connectivity index (χ4n) is 2.76. The third kappa shape index (κ3) is 5.54. The number of hydrogen-bond donors (Lipinski definition) is 3. The monoisotopic (exact) mass is 406 g/mol. The zero-order chi connectivity index (χ0) is 21.3. The van der Waals surface area contributed by atoms with E-state index in [-0.39, 0.29) is 30.6 Å². The van der Waals surface area contributed by atoms with Gasteiger partial charge in [0.15, 0.2) is 5.69 Å². The number of aromatic amines is 1. The number of carbonyl (C=O) groups is 3. The van der Waals surface area contributed by atoms with Crippen LogP contribution in [0.4, 0.5) is 0 Å². The zero-order valence-corrected chi connectivity index (χ0v) is 16.4. The predicted molar refractivity (Wildman–Crippen MR) is 109 cm³/mol. The molecular weight excluding hydrogens is 384 g/mol. The highest BCUT2D eigenvalue weighted by atomic mass is 16.5. The lowest BCUT2D eigenvalue weighted by molar-refractivity contribution is -0.143. The van der Waals surface area contributed by atoms with Crippen LogP contribution in [0.2, 0.25) is 0 Å². The van der Waals surface area contributed by atoms with E-state index < -0.39 is 17.8 Å². The molecule has 8 nitrogen and oxygen atoms in total. The molecule has 0 aliphatic carbocycles. The van der Waals surface area contributed by atoms with Crippen molar-refractivity contribution in [1.29, 1.82) is 0 Å². The van der Waals surface area contributed by atoms with Crippen molar-refractivity contribution in [1.82, 2.24) is 20.6 Å². The van der Waals surface area contributed by atoms with Crippen LogP contribution in [-0.4, -0.2) is 34.3 Å². The highest BCUT2D eigenvalue weighted by Crippen LogP contribution is 2.13. The maximum Gasteiger partial charge on any atom is 0.325 e. The largest absolute Gasteiger partial charge is 0.460 e. The van der Waals surface area contributed by atoms with Crippen molar-refractivity contribution in [3.05, 3.63) is 89.5 Å². The average molecular weight is 406 g/mol. The number of aromatic nitrogens is 2. The van der Waals surface area contributed by atoms with Crippen LogP contribution < -0.4 is 10.6 Å². The van der Waals surface area contributed by atoms with Gasteiger partial charge < -0.3 is 20.4 Å². The molecule has 154 valence electrons. The first kappa shape index (κ1) is 20.8. The van der Waals surface area contributed by atoms with Crippen molar-refractivity contribution >= 4 is 17.8 Å². The van der Waals surface area contributed by atoms with Crippen LogP contribution in [0.3, 0.4) is 0 Å². The molecule has 1 aromatic heterocycles. The van der Waals surface area contributed by atoms with Crippen molar-refractivity contribution in [3.8, 4) is 0 Å². The predicted octanol–water partition coefficient (Wildman–Crippen LogP) is 2.37. The quantitative estimate of drug-likeness (QED) is 0.497. The standard InChI is InChI=1S/C22H22N4O4/c1-15(17-10-6-3-7-11-17)26-22(29)20-19(24-14-25-20)21(28)23-12-18(27)30-13-16-8-4-2-5-9-16/h2-11,14-15H,12-13H2,1H3,(H,23,28)(H,24,25)(H,26,29)/t15-/m1/s1. The van der Waals surface area contributed by atoms with Gasteiger partial charge in [-0.25, -0.2) is 4.98 Å². The number of ether oxygens (including phenoxy) is 1. The number of hydrogen-bond acceptors (Lipinski definition) is 5. The minimum absolute atomic E-state index is 0.0244. The molecule has 2 amide bonds. The first-order chi connectivity index (χ1) is 14.5. The van der Waals surface area contributed by atoms with Gasteiger partial charge in [0.05, 0.1) is 12.4 Å². The summed E-state index contributed by atoms with van der Waals surface area (Å²) < 4.78 is 5.12. The summed E-state index contributed by atoms with van der Waals surface area (Å²) in [5.74, 6) is -1.71. The summed E-state index contributed by atoms with van der Waals surface area (Å²) in [5, 5.41) is 5.24. The Balaban J connectivity index is 1.53. The molecule has 2 aromatic carbocycles. The molecule has 0 saturated heterocycles. The first-order valence-corrected chi connectivity index (χ1v) is 9.41. The second kappa shape index (κ2) is 10.0. The van der Waals surface area contributed by atoms with Crippen molar-refractivity contribution < 1.29 is 19.1 Å². The second-order valence-electron chi connectivity index (χ2n) is 6.56. The number of benzene rings is 2. The van der Waals surface area contributed by atoms with Gasteiger partial charge in [0.25, 0.3) is 11.8 Å². The minimum atomic E-state index is -0.623. The topological polar surface area (TPSA) is 113 Å². The number of H-pyrrole nitrogens is 1. The van der Waals surface area contributed by atoms with E-state index in [1.165, 1.54) is 6.33 Å². The van der Waals surface area contributed by atoms with Crippen molar-refractivity contribution in [2.75, 3.05) is 6.54 Å². The maximum absolute atomic E-state index is 12.5. The number of esters is 1. The molecular formula is C22H22N4O4. The molecule has 30 heavy (non-hydrogen) atoms. The zero-order valence-electron chi connectivity index (χ0n) is 16.4. The van der Waals surface area contributed by atoms with Gasteiger partial charge >= 0.3 is 5.97 Å². The number of rotatable bonds is 8. The van der Waals surface area contributed by atoms with Crippen LogP contribution >= 0.6 is 0 Å². The van der Waals surface area contributed by atoms with Gasteiger partial charge in [-0.2, -0.15) is 0 Å². The summed E-state index contributed by atoms with van der Waals surface area (Å²) in [4.78, 5) is 43.4. The first-order valence-electron chi connectivity index (χ1n) is 9.41. The van der Waals surface area contributed by atoms with Crippen LogP contribution in [0, 0.1) is 0 Å². The highest BCUT2D eigenvalue weighted by Gasteiger charge is 2.22. The highest BCUT2D eigenvalue weighted by molar-refractivity contribution is 6.05. The van der Waals surface area contributed by atoms with E-state index >= 15 is 0 Å². The van der Waals surface area contributed by atoms with Crippen LogP contribution in [0.15, 0.2) is 67.0 Å². The molecule has 0 aliphatic rings. The maximum atomic E-state index is 12.5. The fourth-order valence-corrected chi connectivity index (χ4v) is 2.76. The van der Waals surface area contributed by atoms with Crippen molar-refractivity contribution in [2.24, 2.45) is 0 Å². The number of nitrogens with one attached hydrogen (secondary N) is 3. The Kier molecular flexibility index (Phi) is 6.94. The lowest BCUT2D eigenvalue weighted by atomic mass is 10.1. The van der Waals surface area contributed by atoms with E-state index in [9.17, 15) is 14.4 Å². The molecule has 0 unspecified atom stereocenters. The summed E-state index contributed by atoms with van der Waals surface area (Å²) in [6, 6.07) is 18.4. The molecule has 0 bridgehead atoms. The average Bonchev–Trinajstić information content (AvgIpc) is 3.27. The molecule has 0 spiro atoms. The number of nitrogens with zero attached hydrogens (tertiary/aromatic N) is 1. The van der Waals surface area contributed by atoms with Gasteiger partial charge in [-0.15, -0.1) is 0 Å². The molecule has 0 fully saturated rings. The second-order valence-corrected chi connectivity index (χ2v) is 6.56. The molecule has 3 N–H and O–H groups in total. The molecule has 0 radical (unpaired) electrons. The number of imidazole rings is 1. The summed E-state index contributed by atoms with van der Waals surface area (Å²) in [6.07, 6.45) is 1.25. The van der Waals surface area contributed by atoms with Crippen LogP contribution in [-0.2, 0) is 16.1 Å². The van der Waals surface area contributed by atoms with Gasteiger partial charge in [0.1, 0.15) is 18.8 Å². The molecule has 0 aliphatic heterocycles. The Morgan fingerprint density at radius 2 is 1.67 bits per heavy atom. The van der Waals surface area contributed by atoms with E-state index in [0.29, 0.717) is 0 Å².